The molecule has 22 heavy (non-hydrogen) atoms. The number of nitrogens with two attached hydrogens (primary N) is 1. The molecule has 0 fully saturated rings. The van der Waals surface area contributed by atoms with Gasteiger partial charge >= 0.3 is 0 Å². The predicted octanol–water partition coefficient (Wildman–Crippen LogP) is 3.51. The van der Waals surface area contributed by atoms with E-state index in [0.717, 1.165) is 11.3 Å². The van der Waals surface area contributed by atoms with Crippen molar-refractivity contribution in [2.45, 2.75) is 19.9 Å². The summed E-state index contributed by atoms with van der Waals surface area (Å²) < 4.78 is 0. The van der Waals surface area contributed by atoms with E-state index < -0.39 is 0 Å². The van der Waals surface area contributed by atoms with Crippen LogP contribution in [0.4, 0.5) is 5.82 Å². The number of amides is 1. The Morgan fingerprint density at radius 3 is 2.32 bits per heavy atom. The van der Waals surface area contributed by atoms with Gasteiger partial charge in [-0.15, -0.1) is 24.8 Å². The van der Waals surface area contributed by atoms with Crippen molar-refractivity contribution in [2.24, 2.45) is 11.7 Å². The first-order valence-electron chi connectivity index (χ1n) is 6.63. The van der Waals surface area contributed by atoms with Crippen molar-refractivity contribution in [2.75, 3.05) is 5.32 Å². The van der Waals surface area contributed by atoms with Gasteiger partial charge in [-0.05, 0) is 24.6 Å². The Hall–Kier alpha value is -1.62. The van der Waals surface area contributed by atoms with Gasteiger partial charge in [0.15, 0.2) is 0 Å². The summed E-state index contributed by atoms with van der Waals surface area (Å²) in [5, 5.41) is 2.80. The number of rotatable bonds is 4. The first kappa shape index (κ1) is 20.4. The average molecular weight is 342 g/mol. The summed E-state index contributed by atoms with van der Waals surface area (Å²) in [5.74, 6) is 0.0984. The third-order valence-corrected chi connectivity index (χ3v) is 3.28. The van der Waals surface area contributed by atoms with Crippen LogP contribution in [-0.4, -0.2) is 10.9 Å². The molecule has 2 aromatic rings. The Kier molecular flexibility index (Phi) is 8.72. The van der Waals surface area contributed by atoms with Crippen molar-refractivity contribution < 1.29 is 4.79 Å². The molecule has 0 aliphatic carbocycles. The maximum absolute atomic E-state index is 12.2. The minimum Gasteiger partial charge on any atom is -0.323 e. The molecule has 0 spiro atoms. The van der Waals surface area contributed by atoms with E-state index in [2.05, 4.69) is 10.3 Å². The Bertz CT molecular complexity index is 593. The smallest absolute Gasteiger partial charge is 0.230 e. The highest BCUT2D eigenvalue weighted by Crippen LogP contribution is 2.20. The Balaban J connectivity index is 0.00000220. The molecular weight excluding hydrogens is 321 g/mol. The molecule has 0 aliphatic rings. The van der Waals surface area contributed by atoms with E-state index in [-0.39, 0.29) is 42.7 Å². The molecule has 1 aromatic heterocycles. The number of aryl methyl sites for hydroxylation is 1. The molecule has 1 aromatic carbocycles. The second-order valence-corrected chi connectivity index (χ2v) is 4.88. The minimum absolute atomic E-state index is 0. The van der Waals surface area contributed by atoms with Crippen LogP contribution in [0.3, 0.4) is 0 Å². The van der Waals surface area contributed by atoms with Gasteiger partial charge in [0.1, 0.15) is 5.82 Å². The second-order valence-electron chi connectivity index (χ2n) is 4.88. The normalized spacial score (nSPS) is 12.3. The fourth-order valence-corrected chi connectivity index (χ4v) is 1.98. The predicted molar refractivity (Wildman–Crippen MR) is 94.6 cm³/mol. The van der Waals surface area contributed by atoms with Crippen molar-refractivity contribution >= 4 is 36.5 Å². The standard InChI is InChI=1S/C16H19N3O.2ClH/c1-11-7-6-10-14(18-11)19-16(20)12(2)15(17)13-8-4-3-5-9-13;;/h3-10,12,15H,17H2,1-2H3,(H,18,19,20);2*1H. The van der Waals surface area contributed by atoms with Crippen molar-refractivity contribution in [1.29, 1.82) is 0 Å². The number of nitrogens with zero attached hydrogens (tertiary/aromatic N) is 1. The number of benzene rings is 1. The molecule has 2 rings (SSSR count). The number of nitrogens with one attached hydrogen (secondary N) is 1. The molecule has 120 valence electrons. The molecule has 0 radical (unpaired) electrons. The van der Waals surface area contributed by atoms with E-state index in [1.807, 2.05) is 56.3 Å². The maximum atomic E-state index is 12.2. The summed E-state index contributed by atoms with van der Waals surface area (Å²) in [5.41, 5.74) is 7.96. The Labute approximate surface area is 143 Å². The number of hydrogen-bond donors (Lipinski definition) is 2. The zero-order valence-electron chi connectivity index (χ0n) is 12.5. The number of hydrogen-bond acceptors (Lipinski definition) is 3. The third-order valence-electron chi connectivity index (χ3n) is 3.28. The average Bonchev–Trinajstić information content (AvgIpc) is 2.46. The van der Waals surface area contributed by atoms with Crippen LogP contribution in [0.15, 0.2) is 48.5 Å². The SMILES string of the molecule is Cc1cccc(NC(=O)C(C)C(N)c2ccccc2)n1.Cl.Cl. The number of carbonyl (C=O) groups excluding carboxylic acids is 1. The highest BCUT2D eigenvalue weighted by molar-refractivity contribution is 5.92. The summed E-state index contributed by atoms with van der Waals surface area (Å²) in [6.07, 6.45) is 0. The van der Waals surface area contributed by atoms with E-state index in [1.165, 1.54) is 0 Å². The fraction of sp³-hybridized carbons (Fsp3) is 0.250. The summed E-state index contributed by atoms with van der Waals surface area (Å²) in [4.78, 5) is 16.5. The topological polar surface area (TPSA) is 68.0 Å². The van der Waals surface area contributed by atoms with Gasteiger partial charge < -0.3 is 11.1 Å². The lowest BCUT2D eigenvalue weighted by Crippen LogP contribution is -2.30. The second kappa shape index (κ2) is 9.41. The number of aromatic nitrogens is 1. The van der Waals surface area contributed by atoms with Crippen LogP contribution < -0.4 is 11.1 Å². The van der Waals surface area contributed by atoms with E-state index in [1.54, 1.807) is 6.07 Å². The molecule has 0 aliphatic heterocycles. The summed E-state index contributed by atoms with van der Waals surface area (Å²) in [6.45, 7) is 3.71. The Morgan fingerprint density at radius 2 is 1.73 bits per heavy atom. The zero-order chi connectivity index (χ0) is 14.5. The van der Waals surface area contributed by atoms with Gasteiger partial charge in [0.2, 0.25) is 5.91 Å². The molecule has 6 heteroatoms. The first-order chi connectivity index (χ1) is 9.58. The largest absolute Gasteiger partial charge is 0.323 e. The monoisotopic (exact) mass is 341 g/mol. The van der Waals surface area contributed by atoms with Crippen LogP contribution in [0, 0.1) is 12.8 Å². The highest BCUT2D eigenvalue weighted by atomic mass is 35.5. The molecule has 4 nitrogen and oxygen atoms in total. The fourth-order valence-electron chi connectivity index (χ4n) is 1.98. The Morgan fingerprint density at radius 1 is 1.09 bits per heavy atom. The summed E-state index contributed by atoms with van der Waals surface area (Å²) in [6, 6.07) is 14.8. The minimum atomic E-state index is -0.334. The molecule has 2 unspecified atom stereocenters. The molecule has 1 heterocycles. The first-order valence-corrected chi connectivity index (χ1v) is 6.63. The zero-order valence-corrected chi connectivity index (χ0v) is 14.2. The van der Waals surface area contributed by atoms with Gasteiger partial charge in [0.05, 0.1) is 5.92 Å². The third kappa shape index (κ3) is 5.30. The van der Waals surface area contributed by atoms with E-state index in [4.69, 9.17) is 5.73 Å². The van der Waals surface area contributed by atoms with Crippen molar-refractivity contribution in [3.05, 3.63) is 59.8 Å². The molecule has 1 amide bonds. The van der Waals surface area contributed by atoms with Gasteiger partial charge in [-0.2, -0.15) is 0 Å². The van der Waals surface area contributed by atoms with Gasteiger partial charge in [-0.1, -0.05) is 43.3 Å². The molecule has 2 atom stereocenters. The van der Waals surface area contributed by atoms with Crippen molar-refractivity contribution in [3.8, 4) is 0 Å². The lowest BCUT2D eigenvalue weighted by atomic mass is 9.95. The van der Waals surface area contributed by atoms with Crippen LogP contribution >= 0.6 is 24.8 Å². The van der Waals surface area contributed by atoms with Gasteiger partial charge in [0, 0.05) is 11.7 Å². The van der Waals surface area contributed by atoms with Gasteiger partial charge in [-0.25, -0.2) is 4.98 Å². The van der Waals surface area contributed by atoms with Crippen molar-refractivity contribution in [1.82, 2.24) is 4.98 Å². The number of anilines is 1. The van der Waals surface area contributed by atoms with E-state index in [9.17, 15) is 4.79 Å². The number of halogens is 2. The highest BCUT2D eigenvalue weighted by Gasteiger charge is 2.22. The van der Waals surface area contributed by atoms with Crippen molar-refractivity contribution in [3.63, 3.8) is 0 Å². The van der Waals surface area contributed by atoms with Gasteiger partial charge in [-0.3, -0.25) is 4.79 Å². The van der Waals surface area contributed by atoms with Crippen LogP contribution in [0.5, 0.6) is 0 Å². The summed E-state index contributed by atoms with van der Waals surface area (Å²) >= 11 is 0. The number of pyridine rings is 1. The summed E-state index contributed by atoms with van der Waals surface area (Å²) in [7, 11) is 0. The van der Waals surface area contributed by atoms with Crippen LogP contribution in [0.2, 0.25) is 0 Å². The van der Waals surface area contributed by atoms with E-state index >= 15 is 0 Å². The molecule has 0 saturated heterocycles. The molecule has 3 N–H and O–H groups in total. The van der Waals surface area contributed by atoms with E-state index in [0.29, 0.717) is 5.82 Å². The maximum Gasteiger partial charge on any atom is 0.230 e. The van der Waals surface area contributed by atoms with Crippen LogP contribution in [0.25, 0.3) is 0 Å². The molecular formula is C16H21Cl2N3O. The quantitative estimate of drug-likeness (QED) is 0.893. The lowest BCUT2D eigenvalue weighted by molar-refractivity contribution is -0.120. The van der Waals surface area contributed by atoms with Gasteiger partial charge in [0.25, 0.3) is 0 Å². The molecule has 0 bridgehead atoms. The molecule has 0 saturated carbocycles. The number of carbonyl (C=O) groups is 1. The lowest BCUT2D eigenvalue weighted by Gasteiger charge is -2.19. The van der Waals surface area contributed by atoms with Crippen LogP contribution in [0.1, 0.15) is 24.2 Å². The van der Waals surface area contributed by atoms with Crippen LogP contribution in [-0.2, 0) is 4.79 Å².